The third-order valence-corrected chi connectivity index (χ3v) is 5.54. The Hall–Kier alpha value is -3.65. The summed E-state index contributed by atoms with van der Waals surface area (Å²) in [4.78, 5) is 38.2. The first kappa shape index (κ1) is 24.0. The summed E-state index contributed by atoms with van der Waals surface area (Å²) >= 11 is 0. The molecule has 1 aliphatic carbocycles. The SMILES string of the molecule is C=CCN(CCOC)C(=O)C(CC(=O)O)NC(=O)OCC1c2ccccc2-c2ccccc21. The highest BCUT2D eigenvalue weighted by atomic mass is 16.5. The Balaban J connectivity index is 1.69. The quantitative estimate of drug-likeness (QED) is 0.508. The largest absolute Gasteiger partial charge is 0.481 e. The second-order valence-corrected chi connectivity index (χ2v) is 7.69. The summed E-state index contributed by atoms with van der Waals surface area (Å²) in [6, 6.07) is 14.6. The summed E-state index contributed by atoms with van der Waals surface area (Å²) in [5, 5.41) is 11.7. The lowest BCUT2D eigenvalue weighted by atomic mass is 9.98. The zero-order valence-electron chi connectivity index (χ0n) is 18.5. The highest BCUT2D eigenvalue weighted by Gasteiger charge is 2.31. The van der Waals surface area contributed by atoms with Crippen LogP contribution in [0.4, 0.5) is 4.79 Å². The summed E-state index contributed by atoms with van der Waals surface area (Å²) in [6.45, 7) is 4.39. The van der Waals surface area contributed by atoms with Crippen LogP contribution in [0.2, 0.25) is 0 Å². The molecule has 0 fully saturated rings. The van der Waals surface area contributed by atoms with Gasteiger partial charge in [0, 0.05) is 26.1 Å². The summed E-state index contributed by atoms with van der Waals surface area (Å²) in [6.07, 6.45) is 0.115. The number of carbonyl (C=O) groups is 3. The number of carboxylic acid groups (broad SMARTS) is 1. The minimum atomic E-state index is -1.27. The van der Waals surface area contributed by atoms with Crippen molar-refractivity contribution in [1.29, 1.82) is 0 Å². The normalized spacial score (nSPS) is 12.9. The smallest absolute Gasteiger partial charge is 0.407 e. The fourth-order valence-electron chi connectivity index (χ4n) is 4.03. The molecule has 0 bridgehead atoms. The average molecular weight is 453 g/mol. The monoisotopic (exact) mass is 452 g/mol. The van der Waals surface area contributed by atoms with Crippen molar-refractivity contribution < 1.29 is 29.0 Å². The van der Waals surface area contributed by atoms with E-state index in [1.165, 1.54) is 18.1 Å². The molecule has 174 valence electrons. The molecule has 0 aliphatic heterocycles. The van der Waals surface area contributed by atoms with Crippen LogP contribution >= 0.6 is 0 Å². The van der Waals surface area contributed by atoms with E-state index in [1.807, 2.05) is 48.5 Å². The molecule has 0 spiro atoms. The van der Waals surface area contributed by atoms with Crippen molar-refractivity contribution in [2.75, 3.05) is 33.4 Å². The molecule has 0 heterocycles. The van der Waals surface area contributed by atoms with Crippen LogP contribution in [0.3, 0.4) is 0 Å². The van der Waals surface area contributed by atoms with Crippen LogP contribution in [-0.2, 0) is 19.1 Å². The first-order valence-electron chi connectivity index (χ1n) is 10.7. The summed E-state index contributed by atoms with van der Waals surface area (Å²) in [5.41, 5.74) is 4.31. The Morgan fingerprint density at radius 3 is 2.27 bits per heavy atom. The highest BCUT2D eigenvalue weighted by molar-refractivity contribution is 5.89. The molecule has 8 heteroatoms. The van der Waals surface area contributed by atoms with Crippen molar-refractivity contribution >= 4 is 18.0 Å². The Labute approximate surface area is 192 Å². The molecule has 1 aliphatic rings. The molecular weight excluding hydrogens is 424 g/mol. The third kappa shape index (κ3) is 5.78. The first-order valence-corrected chi connectivity index (χ1v) is 10.7. The molecule has 1 unspecified atom stereocenters. The molecule has 1 atom stereocenters. The predicted molar refractivity (Wildman–Crippen MR) is 123 cm³/mol. The van der Waals surface area contributed by atoms with Crippen molar-refractivity contribution in [3.63, 3.8) is 0 Å². The summed E-state index contributed by atoms with van der Waals surface area (Å²) in [5.74, 6) is -1.89. The molecular formula is C25H28N2O6. The molecule has 0 saturated heterocycles. The van der Waals surface area contributed by atoms with Crippen molar-refractivity contribution in [2.45, 2.75) is 18.4 Å². The van der Waals surface area contributed by atoms with Gasteiger partial charge in [0.2, 0.25) is 5.91 Å². The average Bonchev–Trinajstić information content (AvgIpc) is 3.13. The number of amides is 2. The van der Waals surface area contributed by atoms with Gasteiger partial charge in [-0.3, -0.25) is 9.59 Å². The highest BCUT2D eigenvalue weighted by Crippen LogP contribution is 2.44. The predicted octanol–water partition coefficient (Wildman–Crippen LogP) is 3.03. The molecule has 2 aromatic carbocycles. The number of aliphatic carboxylic acids is 1. The van der Waals surface area contributed by atoms with E-state index >= 15 is 0 Å². The van der Waals surface area contributed by atoms with Gasteiger partial charge in [0.1, 0.15) is 12.6 Å². The fourth-order valence-corrected chi connectivity index (χ4v) is 4.03. The van der Waals surface area contributed by atoms with Crippen LogP contribution in [0.15, 0.2) is 61.2 Å². The van der Waals surface area contributed by atoms with Crippen LogP contribution < -0.4 is 5.32 Å². The Morgan fingerprint density at radius 2 is 1.73 bits per heavy atom. The van der Waals surface area contributed by atoms with Gasteiger partial charge >= 0.3 is 12.1 Å². The van der Waals surface area contributed by atoms with Gasteiger partial charge in [-0.2, -0.15) is 0 Å². The van der Waals surface area contributed by atoms with Crippen molar-refractivity contribution in [2.24, 2.45) is 0 Å². The number of fused-ring (bicyclic) bond motifs is 3. The van der Waals surface area contributed by atoms with Crippen LogP contribution in [0, 0.1) is 0 Å². The molecule has 8 nitrogen and oxygen atoms in total. The van der Waals surface area contributed by atoms with E-state index in [0.29, 0.717) is 0 Å². The molecule has 2 aromatic rings. The van der Waals surface area contributed by atoms with Crippen LogP contribution in [0.1, 0.15) is 23.5 Å². The van der Waals surface area contributed by atoms with Crippen molar-refractivity contribution in [3.05, 3.63) is 72.3 Å². The van der Waals surface area contributed by atoms with E-state index in [4.69, 9.17) is 9.47 Å². The molecule has 3 rings (SSSR count). The maximum absolute atomic E-state index is 12.9. The van der Waals surface area contributed by atoms with Gasteiger partial charge < -0.3 is 24.8 Å². The number of nitrogens with one attached hydrogen (secondary N) is 1. The number of hydrogen-bond donors (Lipinski definition) is 2. The second kappa shape index (κ2) is 11.3. The topological polar surface area (TPSA) is 105 Å². The van der Waals surface area contributed by atoms with Gasteiger partial charge in [-0.25, -0.2) is 4.79 Å². The maximum Gasteiger partial charge on any atom is 0.407 e. The number of rotatable bonds is 11. The Kier molecular flexibility index (Phi) is 8.21. The number of ether oxygens (including phenoxy) is 2. The number of carboxylic acids is 1. The van der Waals surface area contributed by atoms with Crippen LogP contribution in [0.25, 0.3) is 11.1 Å². The van der Waals surface area contributed by atoms with E-state index in [9.17, 15) is 19.5 Å². The molecule has 33 heavy (non-hydrogen) atoms. The third-order valence-electron chi connectivity index (χ3n) is 5.54. The number of carbonyl (C=O) groups excluding carboxylic acids is 2. The van der Waals surface area contributed by atoms with Crippen molar-refractivity contribution in [3.8, 4) is 11.1 Å². The number of methoxy groups -OCH3 is 1. The van der Waals surface area contributed by atoms with Gasteiger partial charge in [0.25, 0.3) is 0 Å². The zero-order chi connectivity index (χ0) is 23.8. The van der Waals surface area contributed by atoms with Gasteiger partial charge in [-0.05, 0) is 22.3 Å². The number of hydrogen-bond acceptors (Lipinski definition) is 5. The lowest BCUT2D eigenvalue weighted by Gasteiger charge is -2.26. The summed E-state index contributed by atoms with van der Waals surface area (Å²) < 4.78 is 10.5. The zero-order valence-corrected chi connectivity index (χ0v) is 18.5. The first-order chi connectivity index (χ1) is 16.0. The van der Waals surface area contributed by atoms with Crippen molar-refractivity contribution in [1.82, 2.24) is 10.2 Å². The Bertz CT molecular complexity index is 976. The lowest BCUT2D eigenvalue weighted by molar-refractivity contribution is -0.142. The fraction of sp³-hybridized carbons (Fsp3) is 0.320. The van der Waals surface area contributed by atoms with E-state index < -0.39 is 30.4 Å². The standard InChI is InChI=1S/C25H28N2O6/c1-3-12-27(13-14-32-2)24(30)22(15-23(28)29)26-25(31)33-16-21-19-10-6-4-8-17(19)18-9-5-7-11-20(18)21/h3-11,21-22H,1,12-16H2,2H3,(H,26,31)(H,28,29). The molecule has 0 saturated carbocycles. The number of nitrogens with zero attached hydrogens (tertiary/aromatic N) is 1. The van der Waals surface area contributed by atoms with Gasteiger partial charge in [-0.1, -0.05) is 54.6 Å². The minimum Gasteiger partial charge on any atom is -0.481 e. The molecule has 2 amide bonds. The van der Waals surface area contributed by atoms with E-state index in [2.05, 4.69) is 11.9 Å². The van der Waals surface area contributed by atoms with Gasteiger partial charge in [0.05, 0.1) is 13.0 Å². The van der Waals surface area contributed by atoms with E-state index in [-0.39, 0.29) is 32.2 Å². The molecule has 0 radical (unpaired) electrons. The lowest BCUT2D eigenvalue weighted by Crippen LogP contribution is -2.50. The summed E-state index contributed by atoms with van der Waals surface area (Å²) in [7, 11) is 1.50. The van der Waals surface area contributed by atoms with Crippen LogP contribution in [-0.4, -0.2) is 67.4 Å². The molecule has 0 aromatic heterocycles. The van der Waals surface area contributed by atoms with Gasteiger partial charge in [0.15, 0.2) is 0 Å². The maximum atomic E-state index is 12.9. The molecule has 2 N–H and O–H groups in total. The second-order valence-electron chi connectivity index (χ2n) is 7.69. The Morgan fingerprint density at radius 1 is 1.12 bits per heavy atom. The van der Waals surface area contributed by atoms with Gasteiger partial charge in [-0.15, -0.1) is 6.58 Å². The van der Waals surface area contributed by atoms with E-state index in [0.717, 1.165) is 22.3 Å². The number of alkyl carbamates (subject to hydrolysis) is 1. The van der Waals surface area contributed by atoms with E-state index in [1.54, 1.807) is 0 Å². The number of benzene rings is 2. The minimum absolute atomic E-state index is 0.0634. The van der Waals surface area contributed by atoms with Crippen LogP contribution in [0.5, 0.6) is 0 Å².